The second kappa shape index (κ2) is 4.86. The molecule has 0 aliphatic rings. The van der Waals surface area contributed by atoms with Crippen LogP contribution in [0.15, 0.2) is 47.4 Å². The fourth-order valence-corrected chi connectivity index (χ4v) is 2.06. The number of benzene rings is 1. The second-order valence-electron chi connectivity index (χ2n) is 4.54. The number of carbonyl (C=O) groups excluding carboxylic acids is 1. The molecule has 6 nitrogen and oxygen atoms in total. The molecule has 0 fully saturated rings. The average molecular weight is 286 g/mol. The van der Waals surface area contributed by atoms with Crippen molar-refractivity contribution in [1.82, 2.24) is 14.2 Å². The average Bonchev–Trinajstić information content (AvgIpc) is 2.78. The number of aromatic nitrogens is 3. The summed E-state index contributed by atoms with van der Waals surface area (Å²) in [5.41, 5.74) is 5.55. The van der Waals surface area contributed by atoms with Gasteiger partial charge in [0.2, 0.25) is 5.91 Å². The highest BCUT2D eigenvalue weighted by atomic mass is 19.1. The van der Waals surface area contributed by atoms with Crippen molar-refractivity contribution in [2.24, 2.45) is 5.73 Å². The van der Waals surface area contributed by atoms with Crippen LogP contribution >= 0.6 is 0 Å². The summed E-state index contributed by atoms with van der Waals surface area (Å²) >= 11 is 0. The van der Waals surface area contributed by atoms with Gasteiger partial charge in [0.25, 0.3) is 0 Å². The SMILES string of the molecule is NC(=O)c1ccc(Cn2nc3ccccn3c2=O)c(F)c1. The Hall–Kier alpha value is -2.96. The van der Waals surface area contributed by atoms with Gasteiger partial charge in [0.05, 0.1) is 6.54 Å². The minimum Gasteiger partial charge on any atom is -0.366 e. The third-order valence-electron chi connectivity index (χ3n) is 3.15. The standard InChI is InChI=1S/C14H11FN4O2/c15-11-7-9(13(16)20)4-5-10(11)8-19-14(21)18-6-2-1-3-12(18)17-19/h1-7H,8H2,(H2,16,20). The first-order valence-electron chi connectivity index (χ1n) is 6.19. The Kier molecular flexibility index (Phi) is 3.02. The van der Waals surface area contributed by atoms with Crippen molar-refractivity contribution in [1.29, 1.82) is 0 Å². The van der Waals surface area contributed by atoms with E-state index in [9.17, 15) is 14.0 Å². The van der Waals surface area contributed by atoms with Crippen LogP contribution in [-0.4, -0.2) is 20.1 Å². The number of rotatable bonds is 3. The van der Waals surface area contributed by atoms with Gasteiger partial charge in [-0.2, -0.15) is 0 Å². The molecule has 0 saturated carbocycles. The summed E-state index contributed by atoms with van der Waals surface area (Å²) in [5, 5.41) is 4.12. The molecular formula is C14H11FN4O2. The van der Waals surface area contributed by atoms with Gasteiger partial charge in [-0.1, -0.05) is 12.1 Å². The maximum atomic E-state index is 13.9. The molecule has 2 heterocycles. The molecule has 0 spiro atoms. The normalized spacial score (nSPS) is 10.9. The number of nitrogens with zero attached hydrogens (tertiary/aromatic N) is 3. The lowest BCUT2D eigenvalue weighted by Gasteiger charge is -2.03. The van der Waals surface area contributed by atoms with Gasteiger partial charge in [-0.05, 0) is 24.3 Å². The Morgan fingerprint density at radius 2 is 2.10 bits per heavy atom. The van der Waals surface area contributed by atoms with Crippen LogP contribution in [0, 0.1) is 5.82 Å². The van der Waals surface area contributed by atoms with E-state index in [1.807, 2.05) is 0 Å². The van der Waals surface area contributed by atoms with E-state index >= 15 is 0 Å². The van der Waals surface area contributed by atoms with Crippen molar-refractivity contribution in [3.63, 3.8) is 0 Å². The largest absolute Gasteiger partial charge is 0.366 e. The van der Waals surface area contributed by atoms with Gasteiger partial charge < -0.3 is 5.73 Å². The smallest absolute Gasteiger partial charge is 0.350 e. The number of halogens is 1. The number of fused-ring (bicyclic) bond motifs is 1. The van der Waals surface area contributed by atoms with Crippen LogP contribution < -0.4 is 11.4 Å². The number of amides is 1. The minimum atomic E-state index is -0.703. The van der Waals surface area contributed by atoms with E-state index in [2.05, 4.69) is 5.10 Å². The van der Waals surface area contributed by atoms with E-state index < -0.39 is 11.7 Å². The first-order chi connectivity index (χ1) is 10.1. The van der Waals surface area contributed by atoms with Gasteiger partial charge in [0.1, 0.15) is 5.82 Å². The molecule has 3 rings (SSSR count). The van der Waals surface area contributed by atoms with E-state index in [0.29, 0.717) is 5.65 Å². The number of primary amides is 1. The summed E-state index contributed by atoms with van der Waals surface area (Å²) in [4.78, 5) is 23.1. The number of hydrogen-bond donors (Lipinski definition) is 1. The Bertz CT molecular complexity index is 897. The predicted octanol–water partition coefficient (Wildman–Crippen LogP) is 0.782. The molecule has 0 aliphatic heterocycles. The zero-order valence-corrected chi connectivity index (χ0v) is 10.9. The summed E-state index contributed by atoms with van der Waals surface area (Å²) in [6.45, 7) is -0.0224. The topological polar surface area (TPSA) is 82.4 Å². The molecule has 3 aromatic rings. The van der Waals surface area contributed by atoms with Gasteiger partial charge >= 0.3 is 5.69 Å². The minimum absolute atomic E-state index is 0.0224. The first-order valence-corrected chi connectivity index (χ1v) is 6.19. The van der Waals surface area contributed by atoms with E-state index in [4.69, 9.17) is 5.73 Å². The molecule has 0 bridgehead atoms. The Labute approximate surface area is 118 Å². The van der Waals surface area contributed by atoms with Crippen LogP contribution in [0.1, 0.15) is 15.9 Å². The number of pyridine rings is 1. The van der Waals surface area contributed by atoms with Gasteiger partial charge in [0.15, 0.2) is 5.65 Å². The van der Waals surface area contributed by atoms with Crippen LogP contribution in [0.25, 0.3) is 5.65 Å². The Balaban J connectivity index is 2.01. The summed E-state index contributed by atoms with van der Waals surface area (Å²) in [6.07, 6.45) is 1.59. The summed E-state index contributed by atoms with van der Waals surface area (Å²) in [5.74, 6) is -1.30. The molecule has 0 aliphatic carbocycles. The van der Waals surface area contributed by atoms with Crippen LogP contribution in [0.5, 0.6) is 0 Å². The molecule has 2 N–H and O–H groups in total. The molecule has 1 aromatic carbocycles. The van der Waals surface area contributed by atoms with E-state index in [-0.39, 0.29) is 23.4 Å². The zero-order valence-electron chi connectivity index (χ0n) is 10.9. The van der Waals surface area contributed by atoms with Crippen molar-refractivity contribution in [3.8, 4) is 0 Å². The molecular weight excluding hydrogens is 275 g/mol. The Morgan fingerprint density at radius 3 is 2.76 bits per heavy atom. The van der Waals surface area contributed by atoms with Gasteiger partial charge in [0, 0.05) is 17.3 Å². The van der Waals surface area contributed by atoms with Crippen molar-refractivity contribution < 1.29 is 9.18 Å². The lowest BCUT2D eigenvalue weighted by molar-refractivity contribution is 0.1000. The number of carbonyl (C=O) groups is 1. The fraction of sp³-hybridized carbons (Fsp3) is 0.0714. The molecule has 0 saturated heterocycles. The fourth-order valence-electron chi connectivity index (χ4n) is 2.06. The van der Waals surface area contributed by atoms with Crippen molar-refractivity contribution in [3.05, 3.63) is 70.0 Å². The molecule has 2 aromatic heterocycles. The highest BCUT2D eigenvalue weighted by Gasteiger charge is 2.11. The first kappa shape index (κ1) is 13.0. The van der Waals surface area contributed by atoms with Gasteiger partial charge in [-0.25, -0.2) is 13.9 Å². The van der Waals surface area contributed by atoms with Crippen LogP contribution in [0.2, 0.25) is 0 Å². The predicted molar refractivity (Wildman–Crippen MR) is 73.5 cm³/mol. The summed E-state index contributed by atoms with van der Waals surface area (Å²) in [7, 11) is 0. The van der Waals surface area contributed by atoms with Gasteiger partial charge in [-0.3, -0.25) is 9.20 Å². The number of hydrogen-bond acceptors (Lipinski definition) is 3. The molecule has 0 radical (unpaired) electrons. The lowest BCUT2D eigenvalue weighted by Crippen LogP contribution is -2.22. The van der Waals surface area contributed by atoms with Crippen LogP contribution in [0.3, 0.4) is 0 Å². The summed E-state index contributed by atoms with van der Waals surface area (Å²) < 4.78 is 16.5. The van der Waals surface area contributed by atoms with Crippen molar-refractivity contribution >= 4 is 11.6 Å². The molecule has 0 atom stereocenters. The zero-order chi connectivity index (χ0) is 15.0. The van der Waals surface area contributed by atoms with Crippen molar-refractivity contribution in [2.45, 2.75) is 6.54 Å². The lowest BCUT2D eigenvalue weighted by atomic mass is 10.1. The quantitative estimate of drug-likeness (QED) is 0.772. The van der Waals surface area contributed by atoms with E-state index in [1.165, 1.54) is 16.5 Å². The van der Waals surface area contributed by atoms with Gasteiger partial charge in [-0.15, -0.1) is 5.10 Å². The maximum Gasteiger partial charge on any atom is 0.350 e. The molecule has 21 heavy (non-hydrogen) atoms. The van der Waals surface area contributed by atoms with Crippen molar-refractivity contribution in [2.75, 3.05) is 0 Å². The second-order valence-corrected chi connectivity index (χ2v) is 4.54. The summed E-state index contributed by atoms with van der Waals surface area (Å²) in [6, 6.07) is 9.05. The molecule has 7 heteroatoms. The van der Waals surface area contributed by atoms with Crippen LogP contribution in [-0.2, 0) is 6.54 Å². The highest BCUT2D eigenvalue weighted by molar-refractivity contribution is 5.92. The third-order valence-corrected chi connectivity index (χ3v) is 3.15. The maximum absolute atomic E-state index is 13.9. The van der Waals surface area contributed by atoms with E-state index in [1.54, 1.807) is 24.4 Å². The monoisotopic (exact) mass is 286 g/mol. The molecule has 0 unspecified atom stereocenters. The highest BCUT2D eigenvalue weighted by Crippen LogP contribution is 2.11. The third kappa shape index (κ3) is 2.29. The molecule has 1 amide bonds. The Morgan fingerprint density at radius 1 is 1.29 bits per heavy atom. The molecule has 106 valence electrons. The van der Waals surface area contributed by atoms with E-state index in [0.717, 1.165) is 10.7 Å². The van der Waals surface area contributed by atoms with Crippen LogP contribution in [0.4, 0.5) is 4.39 Å². The number of nitrogens with two attached hydrogens (primary N) is 1.